The minimum absolute atomic E-state index is 0.00690. The number of amides is 2. The number of Topliss-reactive ketones (excluding diaryl/α,β-unsaturated/α-hetero) is 2. The van der Waals surface area contributed by atoms with E-state index in [0.717, 1.165) is 38.5 Å². The van der Waals surface area contributed by atoms with E-state index in [1.165, 1.54) is 5.57 Å². The molecule has 2 aliphatic heterocycles. The number of carbonyl (C=O) groups is 5. The second-order valence-electron chi connectivity index (χ2n) is 18.0. The lowest BCUT2D eigenvalue weighted by atomic mass is 9.52. The van der Waals surface area contributed by atoms with Crippen molar-refractivity contribution in [3.63, 3.8) is 0 Å². The molecule has 2 N–H and O–H groups in total. The van der Waals surface area contributed by atoms with Gasteiger partial charge in [0.25, 0.3) is 0 Å². The minimum atomic E-state index is -0.816. The molecule has 4 aliphatic carbocycles. The van der Waals surface area contributed by atoms with Gasteiger partial charge in [-0.25, -0.2) is 4.79 Å². The summed E-state index contributed by atoms with van der Waals surface area (Å²) in [7, 11) is 1.74. The Morgan fingerprint density at radius 2 is 1.56 bits per heavy atom. The van der Waals surface area contributed by atoms with Crippen LogP contribution < -0.4 is 10.6 Å². The highest BCUT2D eigenvalue weighted by atomic mass is 16.6. The molecule has 0 aromatic rings. The van der Waals surface area contributed by atoms with Crippen molar-refractivity contribution in [3.8, 4) is 0 Å². The molecule has 0 aromatic carbocycles. The summed E-state index contributed by atoms with van der Waals surface area (Å²) in [5, 5.41) is 6.05. The van der Waals surface area contributed by atoms with E-state index in [0.29, 0.717) is 45.1 Å². The van der Waals surface area contributed by atoms with Crippen LogP contribution in [0, 0.1) is 22.2 Å². The smallest absolute Gasteiger partial charge is 0.328 e. The van der Waals surface area contributed by atoms with E-state index in [1.54, 1.807) is 14.0 Å². The lowest BCUT2D eigenvalue weighted by molar-refractivity contribution is -0.152. The first kappa shape index (κ1) is 40.6. The number of unbranched alkanes of at least 4 members (excludes halogenated alkanes) is 1. The molecule has 0 aromatic heterocycles. The molecule has 7 atom stereocenters. The van der Waals surface area contributed by atoms with E-state index in [9.17, 15) is 24.0 Å². The predicted octanol–water partition coefficient (Wildman–Crippen LogP) is 5.70. The molecule has 6 rings (SSSR count). The molecule has 0 unspecified atom stereocenters. The fraction of sp³-hybridized carbons (Fsp3) is 0.829. The number of carbonyl (C=O) groups excluding carboxylic acids is 5. The van der Waals surface area contributed by atoms with Gasteiger partial charge in [-0.2, -0.15) is 0 Å². The average Bonchev–Trinajstić information content (AvgIpc) is 4.03. The van der Waals surface area contributed by atoms with E-state index < -0.39 is 22.8 Å². The first-order valence-corrected chi connectivity index (χ1v) is 19.7. The fourth-order valence-corrected chi connectivity index (χ4v) is 9.33. The number of allylic oxidation sites excluding steroid dienone is 1. The zero-order valence-corrected chi connectivity index (χ0v) is 33.0. The molecule has 6 aliphatic rings. The van der Waals surface area contributed by atoms with Crippen molar-refractivity contribution in [2.75, 3.05) is 20.3 Å². The van der Waals surface area contributed by atoms with Crippen LogP contribution in [0.2, 0.25) is 0 Å². The van der Waals surface area contributed by atoms with E-state index in [1.807, 2.05) is 20.8 Å². The third kappa shape index (κ3) is 8.67. The summed E-state index contributed by atoms with van der Waals surface area (Å²) in [4.78, 5) is 64.3. The highest BCUT2D eigenvalue weighted by Gasteiger charge is 2.72. The predicted molar refractivity (Wildman–Crippen MR) is 195 cm³/mol. The third-order valence-electron chi connectivity index (χ3n) is 13.1. The van der Waals surface area contributed by atoms with Crippen LogP contribution in [0.25, 0.3) is 0 Å². The van der Waals surface area contributed by atoms with Crippen molar-refractivity contribution in [1.29, 1.82) is 0 Å². The average molecular weight is 729 g/mol. The van der Waals surface area contributed by atoms with Crippen LogP contribution in [0.1, 0.15) is 138 Å². The summed E-state index contributed by atoms with van der Waals surface area (Å²) in [5.41, 5.74) is -0.648. The Labute approximate surface area is 310 Å². The highest BCUT2D eigenvalue weighted by Crippen LogP contribution is 2.60. The second kappa shape index (κ2) is 15.6. The van der Waals surface area contributed by atoms with Gasteiger partial charge in [0, 0.05) is 48.5 Å². The Morgan fingerprint density at radius 3 is 2.13 bits per heavy atom. The normalized spacial score (nSPS) is 35.3. The number of ether oxygens (including phenoxy) is 4. The van der Waals surface area contributed by atoms with Crippen molar-refractivity contribution in [2.45, 2.75) is 174 Å². The molecule has 11 nitrogen and oxygen atoms in total. The van der Waals surface area contributed by atoms with Crippen LogP contribution >= 0.6 is 0 Å². The van der Waals surface area contributed by atoms with Crippen LogP contribution in [0.5, 0.6) is 0 Å². The number of epoxide rings is 2. The number of hydrogen-bond acceptors (Lipinski definition) is 9. The van der Waals surface area contributed by atoms with Gasteiger partial charge >= 0.3 is 5.97 Å². The number of esters is 1. The van der Waals surface area contributed by atoms with Gasteiger partial charge in [0.2, 0.25) is 11.8 Å². The van der Waals surface area contributed by atoms with Crippen LogP contribution in [-0.4, -0.2) is 85.2 Å². The highest BCUT2D eigenvalue weighted by molar-refractivity contribution is 5.90. The Morgan fingerprint density at radius 1 is 0.923 bits per heavy atom. The first-order chi connectivity index (χ1) is 24.4. The molecule has 0 radical (unpaired) electrons. The van der Waals surface area contributed by atoms with Gasteiger partial charge < -0.3 is 29.6 Å². The number of hydrogen-bond donors (Lipinski definition) is 2. The number of rotatable bonds is 17. The van der Waals surface area contributed by atoms with E-state index in [4.69, 9.17) is 18.9 Å². The minimum Gasteiger partial charge on any atom is -0.464 e. The van der Waals surface area contributed by atoms with Crippen LogP contribution in [0.15, 0.2) is 11.6 Å². The molecule has 6 fully saturated rings. The molecular formula is C41H64N2O9. The lowest BCUT2D eigenvalue weighted by Crippen LogP contribution is -2.62. The number of fused-ring (bicyclic) bond motifs is 3. The summed E-state index contributed by atoms with van der Waals surface area (Å²) >= 11 is 0. The maximum Gasteiger partial charge on any atom is 0.328 e. The summed E-state index contributed by atoms with van der Waals surface area (Å²) in [6.45, 7) is 14.3. The Hall–Kier alpha value is -2.63. The van der Waals surface area contributed by atoms with Crippen molar-refractivity contribution in [2.24, 2.45) is 22.2 Å². The van der Waals surface area contributed by atoms with Gasteiger partial charge in [-0.1, -0.05) is 32.4 Å². The second-order valence-corrected chi connectivity index (χ2v) is 18.0. The molecule has 1 spiro atoms. The van der Waals surface area contributed by atoms with Gasteiger partial charge in [0.15, 0.2) is 0 Å². The number of ketones is 2. The molecule has 2 amide bonds. The number of nitrogens with one attached hydrogen (secondary N) is 2. The summed E-state index contributed by atoms with van der Waals surface area (Å²) in [6, 6.07) is -0.937. The Kier molecular flexibility index (Phi) is 12.2. The van der Waals surface area contributed by atoms with E-state index in [-0.39, 0.29) is 83.6 Å². The summed E-state index contributed by atoms with van der Waals surface area (Å²) < 4.78 is 24.0. The maximum absolute atomic E-state index is 14.1. The van der Waals surface area contributed by atoms with Gasteiger partial charge in [-0.05, 0) is 98.3 Å². The monoisotopic (exact) mass is 728 g/mol. The standard InChI is InChI=1S/C41H64N2O9/c1-26(2)12-14-31-38(7,52-31)34-33(49-8)28(16-17-41(34)25-51-41)43-36(48)40-21-18-39(19-22-40,20-23-40)30(45)11-9-10-24-50-35(47)27(3)42-32(46)15-13-29(44)37(4,5)6/h12,27-28,31,33-34H,9-11,13-25H2,1-8H3,(H,42,46)(H,43,48)/t27-,28+,31+,33+,34+,38+,39?,40?,41-/m0/s1. The van der Waals surface area contributed by atoms with Crippen molar-refractivity contribution in [1.82, 2.24) is 10.6 Å². The summed E-state index contributed by atoms with van der Waals surface area (Å²) in [5.74, 6) is -0.516. The molecule has 2 bridgehead atoms. The van der Waals surface area contributed by atoms with E-state index >= 15 is 0 Å². The van der Waals surface area contributed by atoms with Crippen LogP contribution in [0.4, 0.5) is 0 Å². The molecular weight excluding hydrogens is 664 g/mol. The molecule has 11 heteroatoms. The zero-order valence-electron chi connectivity index (χ0n) is 33.0. The third-order valence-corrected chi connectivity index (χ3v) is 13.1. The van der Waals surface area contributed by atoms with Crippen LogP contribution in [-0.2, 0) is 42.9 Å². The fourth-order valence-electron chi connectivity index (χ4n) is 9.33. The van der Waals surface area contributed by atoms with Gasteiger partial charge in [0.05, 0.1) is 37.1 Å². The van der Waals surface area contributed by atoms with Crippen molar-refractivity contribution in [3.05, 3.63) is 11.6 Å². The Balaban J connectivity index is 1.04. The van der Waals surface area contributed by atoms with Gasteiger partial charge in [0.1, 0.15) is 23.2 Å². The largest absolute Gasteiger partial charge is 0.464 e. The quantitative estimate of drug-likeness (QED) is 0.0831. The topological polar surface area (TPSA) is 153 Å². The van der Waals surface area contributed by atoms with Crippen LogP contribution in [0.3, 0.4) is 0 Å². The maximum atomic E-state index is 14.1. The van der Waals surface area contributed by atoms with Crippen molar-refractivity contribution >= 4 is 29.4 Å². The Bertz CT molecular complexity index is 1380. The molecule has 292 valence electrons. The number of methoxy groups -OCH3 is 1. The SMILES string of the molecule is CO[C@@H]1[C@H](NC(=O)C23CCC(C(=O)CCCCOC(=O)[C@H](C)NC(=O)CCC(=O)C(C)(C)C)(CC2)CC3)CC[C@]2(CO2)[C@H]1[C@]1(C)O[C@@H]1CC=C(C)C. The molecule has 4 saturated carbocycles. The van der Waals surface area contributed by atoms with E-state index in [2.05, 4.69) is 37.5 Å². The van der Waals surface area contributed by atoms with Gasteiger partial charge in [-0.15, -0.1) is 0 Å². The van der Waals surface area contributed by atoms with Crippen molar-refractivity contribution < 1.29 is 42.9 Å². The lowest BCUT2D eigenvalue weighted by Gasteiger charge is -2.52. The summed E-state index contributed by atoms with van der Waals surface area (Å²) in [6.07, 6.45) is 10.7. The van der Waals surface area contributed by atoms with Gasteiger partial charge in [-0.3, -0.25) is 19.2 Å². The molecule has 2 heterocycles. The molecule has 52 heavy (non-hydrogen) atoms. The zero-order chi connectivity index (χ0) is 38.1. The first-order valence-electron chi connectivity index (χ1n) is 19.7. The molecule has 2 saturated heterocycles.